The van der Waals surface area contributed by atoms with Crippen molar-refractivity contribution in [3.05, 3.63) is 88.2 Å². The van der Waals surface area contributed by atoms with Crippen molar-refractivity contribution in [1.29, 1.82) is 5.26 Å². The van der Waals surface area contributed by atoms with Crippen LogP contribution in [0.3, 0.4) is 0 Å². The maximum atomic E-state index is 8.76. The normalized spacial score (nSPS) is 12.0. The molecule has 2 heterocycles. The number of aromatic nitrogens is 1. The van der Waals surface area contributed by atoms with Gasteiger partial charge in [-0.05, 0) is 40.8 Å². The highest BCUT2D eigenvalue weighted by molar-refractivity contribution is 7.10. The van der Waals surface area contributed by atoms with Gasteiger partial charge in [0.05, 0.1) is 12.5 Å². The molecule has 1 atom stereocenters. The molecular weight excluding hydrogens is 388 g/mol. The van der Waals surface area contributed by atoms with Crippen LogP contribution < -0.4 is 10.2 Å². The summed E-state index contributed by atoms with van der Waals surface area (Å²) in [5.41, 5.74) is 4.93. The predicted octanol–water partition coefficient (Wildman–Crippen LogP) is 5.50. The second-order valence-corrected chi connectivity index (χ2v) is 8.46. The van der Waals surface area contributed by atoms with Gasteiger partial charge in [-0.2, -0.15) is 5.26 Å². The first kappa shape index (κ1) is 20.2. The van der Waals surface area contributed by atoms with Gasteiger partial charge in [0.25, 0.3) is 0 Å². The largest absolute Gasteiger partial charge is 0.374 e. The first-order chi connectivity index (χ1) is 14.8. The summed E-state index contributed by atoms with van der Waals surface area (Å²) in [6, 6.07) is 23.6. The van der Waals surface area contributed by atoms with Crippen LogP contribution in [0.15, 0.2) is 72.2 Å². The number of anilines is 1. The fraction of sp³-hybridized carbons (Fsp3) is 0.240. The van der Waals surface area contributed by atoms with Gasteiger partial charge in [-0.15, -0.1) is 11.3 Å². The first-order valence-electron chi connectivity index (χ1n) is 10.2. The summed E-state index contributed by atoms with van der Waals surface area (Å²) >= 11 is 1.81. The molecule has 2 aromatic heterocycles. The third-order valence-corrected chi connectivity index (χ3v) is 6.48. The molecule has 0 aliphatic heterocycles. The molecule has 0 bridgehead atoms. The van der Waals surface area contributed by atoms with E-state index in [1.165, 1.54) is 26.9 Å². The summed E-state index contributed by atoms with van der Waals surface area (Å²) in [4.78, 5) is 6.91. The fourth-order valence-corrected chi connectivity index (χ4v) is 4.66. The van der Waals surface area contributed by atoms with Crippen LogP contribution >= 0.6 is 11.3 Å². The van der Waals surface area contributed by atoms with E-state index in [0.717, 1.165) is 25.3 Å². The third-order valence-electron chi connectivity index (χ3n) is 5.50. The zero-order chi connectivity index (χ0) is 20.8. The highest BCUT2D eigenvalue weighted by Crippen LogP contribution is 2.32. The van der Waals surface area contributed by atoms with Crippen molar-refractivity contribution in [2.75, 3.05) is 25.0 Å². The summed E-state index contributed by atoms with van der Waals surface area (Å²) in [6.07, 6.45) is 2.69. The number of aromatic amines is 1. The molecule has 0 spiro atoms. The van der Waals surface area contributed by atoms with Crippen LogP contribution in [-0.4, -0.2) is 25.1 Å². The van der Waals surface area contributed by atoms with Crippen LogP contribution in [0.25, 0.3) is 10.9 Å². The molecule has 0 amide bonds. The highest BCUT2D eigenvalue weighted by atomic mass is 32.1. The summed E-state index contributed by atoms with van der Waals surface area (Å²) < 4.78 is 0. The van der Waals surface area contributed by atoms with Crippen molar-refractivity contribution in [3.63, 3.8) is 0 Å². The van der Waals surface area contributed by atoms with E-state index in [-0.39, 0.29) is 0 Å². The van der Waals surface area contributed by atoms with Crippen LogP contribution in [0.1, 0.15) is 28.3 Å². The molecular formula is C25H26N4S. The van der Waals surface area contributed by atoms with Gasteiger partial charge in [0, 0.05) is 60.3 Å². The summed E-state index contributed by atoms with van der Waals surface area (Å²) in [6.45, 7) is 2.46. The molecule has 30 heavy (non-hydrogen) atoms. The number of hydrogen-bond acceptors (Lipinski definition) is 4. The number of H-pyrrole nitrogens is 1. The first-order valence-corrected chi connectivity index (χ1v) is 11.1. The molecule has 0 aliphatic rings. The van der Waals surface area contributed by atoms with Crippen molar-refractivity contribution < 1.29 is 0 Å². The zero-order valence-corrected chi connectivity index (χ0v) is 18.0. The van der Waals surface area contributed by atoms with Crippen LogP contribution in [-0.2, 0) is 6.54 Å². The molecule has 0 unspecified atom stereocenters. The van der Waals surface area contributed by atoms with Crippen molar-refractivity contribution >= 4 is 27.9 Å². The molecule has 0 saturated heterocycles. The molecule has 2 N–H and O–H groups in total. The average Bonchev–Trinajstić information content (AvgIpc) is 3.46. The number of fused-ring (bicyclic) bond motifs is 1. The number of thiophene rings is 1. The van der Waals surface area contributed by atoms with E-state index < -0.39 is 0 Å². The standard InChI is InChI=1S/C25H26N4S/c1-29(14-5-13-26)20-11-9-19(10-12-20)16-27-17-23(25-8-4-15-30-25)22-18-28-24-7-3-2-6-21(22)24/h2-4,6-12,15,18,23,27-28H,5,14,16-17H2,1H3/t23-/m0/s1. The number of nitriles is 1. The topological polar surface area (TPSA) is 54.9 Å². The fourth-order valence-electron chi connectivity index (χ4n) is 3.81. The van der Waals surface area contributed by atoms with Gasteiger partial charge in [-0.3, -0.25) is 0 Å². The van der Waals surface area contributed by atoms with E-state index in [0.29, 0.717) is 12.3 Å². The molecule has 5 heteroatoms. The van der Waals surface area contributed by atoms with Crippen LogP contribution in [0.2, 0.25) is 0 Å². The molecule has 4 nitrogen and oxygen atoms in total. The van der Waals surface area contributed by atoms with Gasteiger partial charge in [0.1, 0.15) is 0 Å². The minimum atomic E-state index is 0.317. The lowest BCUT2D eigenvalue weighted by Gasteiger charge is -2.19. The number of para-hydroxylation sites is 1. The van der Waals surface area contributed by atoms with Crippen LogP contribution in [0.4, 0.5) is 5.69 Å². The zero-order valence-electron chi connectivity index (χ0n) is 17.1. The Balaban J connectivity index is 1.43. The smallest absolute Gasteiger partial charge is 0.0640 e. The van der Waals surface area contributed by atoms with E-state index in [9.17, 15) is 0 Å². The Labute approximate surface area is 181 Å². The lowest BCUT2D eigenvalue weighted by molar-refractivity contribution is 0.643. The van der Waals surface area contributed by atoms with E-state index in [4.69, 9.17) is 5.26 Å². The molecule has 4 rings (SSSR count). The van der Waals surface area contributed by atoms with Gasteiger partial charge in [0.2, 0.25) is 0 Å². The van der Waals surface area contributed by atoms with Gasteiger partial charge in [0.15, 0.2) is 0 Å². The van der Waals surface area contributed by atoms with Gasteiger partial charge in [-0.1, -0.05) is 36.4 Å². The molecule has 0 aliphatic carbocycles. The lowest BCUT2D eigenvalue weighted by Crippen LogP contribution is -2.21. The minimum Gasteiger partial charge on any atom is -0.374 e. The molecule has 2 aromatic carbocycles. The van der Waals surface area contributed by atoms with E-state index in [1.54, 1.807) is 0 Å². The van der Waals surface area contributed by atoms with Gasteiger partial charge in [-0.25, -0.2) is 0 Å². The quantitative estimate of drug-likeness (QED) is 0.380. The van der Waals surface area contributed by atoms with Crippen LogP contribution in [0.5, 0.6) is 0 Å². The SMILES string of the molecule is CN(CCC#N)c1ccc(CNC[C@H](c2cccs2)c2c[nH]c3ccccc23)cc1. The van der Waals surface area contributed by atoms with E-state index in [2.05, 4.69) is 93.5 Å². The van der Waals surface area contributed by atoms with E-state index in [1.807, 2.05) is 18.4 Å². The summed E-state index contributed by atoms with van der Waals surface area (Å²) in [7, 11) is 2.03. The maximum Gasteiger partial charge on any atom is 0.0640 e. The van der Waals surface area contributed by atoms with Crippen molar-refractivity contribution in [2.45, 2.75) is 18.9 Å². The monoisotopic (exact) mass is 414 g/mol. The number of hydrogen-bond donors (Lipinski definition) is 2. The predicted molar refractivity (Wildman–Crippen MR) is 126 cm³/mol. The summed E-state index contributed by atoms with van der Waals surface area (Å²) in [5, 5.41) is 15.9. The Morgan fingerprint density at radius 2 is 1.93 bits per heavy atom. The summed E-state index contributed by atoms with van der Waals surface area (Å²) in [5.74, 6) is 0.317. The number of nitrogens with one attached hydrogen (secondary N) is 2. The van der Waals surface area contributed by atoms with Gasteiger partial charge < -0.3 is 15.2 Å². The van der Waals surface area contributed by atoms with Gasteiger partial charge >= 0.3 is 0 Å². The minimum absolute atomic E-state index is 0.317. The average molecular weight is 415 g/mol. The highest BCUT2D eigenvalue weighted by Gasteiger charge is 2.18. The Kier molecular flexibility index (Phi) is 6.48. The number of rotatable bonds is 9. The Bertz CT molecular complexity index is 1110. The van der Waals surface area contributed by atoms with Crippen LogP contribution in [0, 0.1) is 11.3 Å². The Morgan fingerprint density at radius 1 is 1.10 bits per heavy atom. The number of nitrogens with zero attached hydrogens (tertiary/aromatic N) is 2. The Hall–Kier alpha value is -3.07. The maximum absolute atomic E-state index is 8.76. The molecule has 0 fully saturated rings. The Morgan fingerprint density at radius 3 is 2.70 bits per heavy atom. The third kappa shape index (κ3) is 4.56. The molecule has 4 aromatic rings. The molecule has 0 saturated carbocycles. The van der Waals surface area contributed by atoms with Crippen molar-refractivity contribution in [2.24, 2.45) is 0 Å². The second kappa shape index (κ2) is 9.62. The van der Waals surface area contributed by atoms with Crippen molar-refractivity contribution in [1.82, 2.24) is 10.3 Å². The van der Waals surface area contributed by atoms with Crippen molar-refractivity contribution in [3.8, 4) is 6.07 Å². The molecule has 0 radical (unpaired) electrons. The molecule has 152 valence electrons. The van der Waals surface area contributed by atoms with E-state index >= 15 is 0 Å². The lowest BCUT2D eigenvalue weighted by atomic mass is 9.96. The second-order valence-electron chi connectivity index (χ2n) is 7.48. The number of benzene rings is 2.